The van der Waals surface area contributed by atoms with Gasteiger partial charge in [-0.15, -0.1) is 0 Å². The molecule has 178 valence electrons. The first-order chi connectivity index (χ1) is 15.3. The summed E-state index contributed by atoms with van der Waals surface area (Å²) >= 11 is 0. The third-order valence-electron chi connectivity index (χ3n) is 6.21. The molecule has 2 heterocycles. The fourth-order valence-electron chi connectivity index (χ4n) is 4.42. The summed E-state index contributed by atoms with van der Waals surface area (Å²) in [6.45, 7) is 9.43. The number of nitrogens with zero attached hydrogens (tertiary/aromatic N) is 3. The Balaban J connectivity index is 1.72. The molecule has 0 radical (unpaired) electrons. The first-order valence-corrected chi connectivity index (χ1v) is 11.9. The lowest BCUT2D eigenvalue weighted by Gasteiger charge is -2.43. The molecule has 1 aromatic rings. The molecular weight excluding hydrogens is 410 g/mol. The number of ether oxygens (including phenoxy) is 1. The van der Waals surface area contributed by atoms with Gasteiger partial charge in [0.05, 0.1) is 12.6 Å². The van der Waals surface area contributed by atoms with E-state index in [1.165, 1.54) is 10.7 Å². The zero-order chi connectivity index (χ0) is 23.3. The average molecular weight is 448 g/mol. The fraction of sp³-hybridized carbons (Fsp3) is 0.739. The van der Waals surface area contributed by atoms with Gasteiger partial charge in [-0.2, -0.15) is 5.10 Å². The van der Waals surface area contributed by atoms with Crippen LogP contribution in [0.5, 0.6) is 0 Å². The summed E-state index contributed by atoms with van der Waals surface area (Å²) in [6.07, 6.45) is 5.77. The van der Waals surface area contributed by atoms with E-state index in [-0.39, 0.29) is 42.1 Å². The quantitative estimate of drug-likeness (QED) is 0.535. The first kappa shape index (κ1) is 24.2. The largest absolute Gasteiger partial charge is 0.379 e. The minimum absolute atomic E-state index is 0.150. The van der Waals surface area contributed by atoms with Gasteiger partial charge >= 0.3 is 0 Å². The molecular formula is C23H37N5O4. The highest BCUT2D eigenvalue weighted by molar-refractivity contribution is 6.01. The monoisotopic (exact) mass is 447 g/mol. The molecule has 0 saturated heterocycles. The Bertz CT molecular complexity index is 830. The number of rotatable bonds is 10. The average Bonchev–Trinajstić information content (AvgIpc) is 3.40. The van der Waals surface area contributed by atoms with Crippen LogP contribution in [0.1, 0.15) is 87.2 Å². The Morgan fingerprint density at radius 3 is 2.69 bits per heavy atom. The Kier molecular flexibility index (Phi) is 7.92. The zero-order valence-electron chi connectivity index (χ0n) is 19.8. The molecule has 1 atom stereocenters. The minimum Gasteiger partial charge on any atom is -0.379 e. The molecule has 1 aromatic heterocycles. The number of amides is 3. The number of hydrogen-bond donors (Lipinski definition) is 2. The van der Waals surface area contributed by atoms with Crippen LogP contribution in [0.4, 0.5) is 0 Å². The van der Waals surface area contributed by atoms with Gasteiger partial charge in [-0.05, 0) is 46.5 Å². The van der Waals surface area contributed by atoms with Crippen molar-refractivity contribution in [3.8, 4) is 0 Å². The van der Waals surface area contributed by atoms with E-state index in [0.717, 1.165) is 32.1 Å². The van der Waals surface area contributed by atoms with Crippen molar-refractivity contribution in [1.82, 2.24) is 25.3 Å². The van der Waals surface area contributed by atoms with Crippen molar-refractivity contribution >= 4 is 17.7 Å². The molecule has 0 aromatic carbocycles. The van der Waals surface area contributed by atoms with Crippen LogP contribution in [0.3, 0.4) is 0 Å². The van der Waals surface area contributed by atoms with E-state index in [1.54, 1.807) is 11.8 Å². The molecule has 1 fully saturated rings. The Hall–Kier alpha value is -2.42. The second kappa shape index (κ2) is 10.5. The van der Waals surface area contributed by atoms with Crippen LogP contribution in [0, 0.1) is 0 Å². The molecule has 1 saturated carbocycles. The maximum Gasteiger partial charge on any atom is 0.273 e. The van der Waals surface area contributed by atoms with Crippen LogP contribution in [-0.4, -0.2) is 69.8 Å². The summed E-state index contributed by atoms with van der Waals surface area (Å²) in [5, 5.41) is 10.3. The van der Waals surface area contributed by atoms with Crippen molar-refractivity contribution < 1.29 is 19.1 Å². The van der Waals surface area contributed by atoms with Gasteiger partial charge in [0.15, 0.2) is 5.69 Å². The summed E-state index contributed by atoms with van der Waals surface area (Å²) in [4.78, 5) is 40.8. The van der Waals surface area contributed by atoms with Gasteiger partial charge in [0, 0.05) is 31.8 Å². The molecule has 1 aliphatic carbocycles. The van der Waals surface area contributed by atoms with Crippen LogP contribution >= 0.6 is 0 Å². The van der Waals surface area contributed by atoms with E-state index in [1.807, 2.05) is 20.8 Å². The van der Waals surface area contributed by atoms with Gasteiger partial charge in [0.25, 0.3) is 11.8 Å². The van der Waals surface area contributed by atoms with E-state index in [4.69, 9.17) is 4.74 Å². The molecule has 32 heavy (non-hydrogen) atoms. The van der Waals surface area contributed by atoms with Crippen molar-refractivity contribution in [1.29, 1.82) is 0 Å². The molecule has 0 bridgehead atoms. The van der Waals surface area contributed by atoms with Gasteiger partial charge in [-0.3, -0.25) is 19.1 Å². The van der Waals surface area contributed by atoms with Crippen molar-refractivity contribution in [3.63, 3.8) is 0 Å². The number of nitrogens with one attached hydrogen (secondary N) is 2. The maximum atomic E-state index is 13.3. The second-order valence-corrected chi connectivity index (χ2v) is 9.29. The Morgan fingerprint density at radius 1 is 1.31 bits per heavy atom. The van der Waals surface area contributed by atoms with Gasteiger partial charge in [-0.25, -0.2) is 0 Å². The highest BCUT2D eigenvalue weighted by atomic mass is 16.5. The second-order valence-electron chi connectivity index (χ2n) is 9.29. The van der Waals surface area contributed by atoms with Gasteiger partial charge in [0.1, 0.15) is 11.2 Å². The topological polar surface area (TPSA) is 106 Å². The van der Waals surface area contributed by atoms with Crippen LogP contribution in [0.25, 0.3) is 0 Å². The third-order valence-corrected chi connectivity index (χ3v) is 6.21. The lowest BCUT2D eigenvalue weighted by Crippen LogP contribution is -2.65. The van der Waals surface area contributed by atoms with Gasteiger partial charge < -0.3 is 20.3 Å². The zero-order valence-corrected chi connectivity index (χ0v) is 19.8. The lowest BCUT2D eigenvalue weighted by molar-refractivity contribution is -0.133. The SMILES string of the molecule is CCCN1C(=O)c2cc(C(=O)NCCCOC(C)C)nn2CC1(C)C(=O)NC1CCCC1. The van der Waals surface area contributed by atoms with Crippen molar-refractivity contribution in [2.45, 2.75) is 90.4 Å². The van der Waals surface area contributed by atoms with Crippen LogP contribution in [-0.2, 0) is 16.1 Å². The predicted octanol–water partition coefficient (Wildman–Crippen LogP) is 2.11. The van der Waals surface area contributed by atoms with E-state index < -0.39 is 5.54 Å². The van der Waals surface area contributed by atoms with Gasteiger partial charge in [-0.1, -0.05) is 19.8 Å². The molecule has 3 amide bonds. The van der Waals surface area contributed by atoms with Crippen LogP contribution < -0.4 is 10.6 Å². The molecule has 1 aliphatic heterocycles. The number of carbonyl (C=O) groups is 3. The fourth-order valence-corrected chi connectivity index (χ4v) is 4.42. The van der Waals surface area contributed by atoms with Crippen LogP contribution in [0.15, 0.2) is 6.07 Å². The van der Waals surface area contributed by atoms with E-state index in [2.05, 4.69) is 15.7 Å². The summed E-state index contributed by atoms with van der Waals surface area (Å²) in [5.41, 5.74) is -0.510. The molecule has 0 spiro atoms. The first-order valence-electron chi connectivity index (χ1n) is 11.9. The maximum absolute atomic E-state index is 13.3. The van der Waals surface area contributed by atoms with Gasteiger partial charge in [0.2, 0.25) is 5.91 Å². The molecule has 2 aliphatic rings. The molecule has 3 rings (SSSR count). The Labute approximate surface area is 190 Å². The minimum atomic E-state index is -1.05. The number of fused-ring (bicyclic) bond motifs is 1. The van der Waals surface area contributed by atoms with E-state index >= 15 is 0 Å². The highest BCUT2D eigenvalue weighted by Gasteiger charge is 2.48. The molecule has 1 unspecified atom stereocenters. The van der Waals surface area contributed by atoms with E-state index in [0.29, 0.717) is 31.8 Å². The third kappa shape index (κ3) is 5.31. The van der Waals surface area contributed by atoms with E-state index in [9.17, 15) is 14.4 Å². The van der Waals surface area contributed by atoms with Crippen molar-refractivity contribution in [2.75, 3.05) is 19.7 Å². The predicted molar refractivity (Wildman–Crippen MR) is 120 cm³/mol. The molecule has 9 nitrogen and oxygen atoms in total. The normalized spacial score (nSPS) is 21.2. The summed E-state index contributed by atoms with van der Waals surface area (Å²) in [5.74, 6) is -0.744. The number of hydrogen-bond acceptors (Lipinski definition) is 5. The number of aromatic nitrogens is 2. The molecule has 2 N–H and O–H groups in total. The standard InChI is InChI=1S/C23H37N5O4/c1-5-12-27-21(30)19-14-18(20(29)24-11-8-13-32-16(2)3)26-28(19)15-23(27,4)22(31)25-17-9-6-7-10-17/h14,16-17H,5-13,15H2,1-4H3,(H,24,29)(H,25,31). The molecule has 9 heteroatoms. The summed E-state index contributed by atoms with van der Waals surface area (Å²) < 4.78 is 6.99. The lowest BCUT2D eigenvalue weighted by atomic mass is 9.94. The van der Waals surface area contributed by atoms with Crippen molar-refractivity contribution in [3.05, 3.63) is 17.5 Å². The smallest absolute Gasteiger partial charge is 0.273 e. The Morgan fingerprint density at radius 2 is 2.03 bits per heavy atom. The highest BCUT2D eigenvalue weighted by Crippen LogP contribution is 2.29. The summed E-state index contributed by atoms with van der Waals surface area (Å²) in [7, 11) is 0. The summed E-state index contributed by atoms with van der Waals surface area (Å²) in [6, 6.07) is 1.69. The number of carbonyl (C=O) groups excluding carboxylic acids is 3. The van der Waals surface area contributed by atoms with Crippen LogP contribution in [0.2, 0.25) is 0 Å². The van der Waals surface area contributed by atoms with Crippen molar-refractivity contribution in [2.24, 2.45) is 0 Å².